The number of nitrogens with one attached hydrogen (secondary N) is 1. The smallest absolute Gasteiger partial charge is 0.265 e. The highest BCUT2D eigenvalue weighted by Crippen LogP contribution is 2.22. The average Bonchev–Trinajstić information content (AvgIpc) is 2.73. The zero-order valence-corrected chi connectivity index (χ0v) is 15.8. The Morgan fingerprint density at radius 1 is 1.15 bits per heavy atom. The van der Waals surface area contributed by atoms with Crippen molar-refractivity contribution in [3.8, 4) is 11.5 Å². The molecule has 0 unspecified atom stereocenters. The van der Waals surface area contributed by atoms with Gasteiger partial charge in [-0.2, -0.15) is 0 Å². The number of hydrogen-bond acceptors (Lipinski definition) is 5. The van der Waals surface area contributed by atoms with Crippen LogP contribution in [0.15, 0.2) is 48.5 Å². The van der Waals surface area contributed by atoms with E-state index in [0.29, 0.717) is 17.9 Å². The van der Waals surface area contributed by atoms with Gasteiger partial charge in [0, 0.05) is 30.5 Å². The Morgan fingerprint density at radius 2 is 1.85 bits per heavy atom. The fraction of sp³-hybridized carbons (Fsp3) is 0.381. The molecule has 1 saturated heterocycles. The number of methoxy groups -OCH3 is 1. The molecule has 1 aliphatic rings. The van der Waals surface area contributed by atoms with Crippen LogP contribution in [0.4, 0.5) is 11.4 Å². The van der Waals surface area contributed by atoms with E-state index in [2.05, 4.69) is 10.2 Å². The topological polar surface area (TPSA) is 60.0 Å². The Bertz CT molecular complexity index is 742. The molecule has 3 rings (SSSR count). The second kappa shape index (κ2) is 9.28. The summed E-state index contributed by atoms with van der Waals surface area (Å²) in [6.07, 6.45) is -0.00873. The number of rotatable bonds is 7. The van der Waals surface area contributed by atoms with E-state index in [1.807, 2.05) is 49.4 Å². The minimum Gasteiger partial charge on any atom is -0.497 e. The summed E-state index contributed by atoms with van der Waals surface area (Å²) in [7, 11) is 1.60. The summed E-state index contributed by atoms with van der Waals surface area (Å²) >= 11 is 0. The first-order chi connectivity index (χ1) is 13.2. The summed E-state index contributed by atoms with van der Waals surface area (Å²) < 4.78 is 16.4. The molecule has 1 fully saturated rings. The highest BCUT2D eigenvalue weighted by molar-refractivity contribution is 5.94. The van der Waals surface area contributed by atoms with Crippen molar-refractivity contribution in [1.29, 1.82) is 0 Å². The van der Waals surface area contributed by atoms with Gasteiger partial charge >= 0.3 is 0 Å². The van der Waals surface area contributed by atoms with E-state index in [1.165, 1.54) is 0 Å². The molecule has 1 N–H and O–H groups in total. The number of carbonyl (C=O) groups is 1. The third-order valence-corrected chi connectivity index (χ3v) is 4.49. The quantitative estimate of drug-likeness (QED) is 0.810. The maximum absolute atomic E-state index is 12.6. The van der Waals surface area contributed by atoms with Gasteiger partial charge in [-0.3, -0.25) is 4.79 Å². The van der Waals surface area contributed by atoms with E-state index < -0.39 is 6.10 Å². The van der Waals surface area contributed by atoms with Gasteiger partial charge in [-0.15, -0.1) is 0 Å². The molecule has 0 radical (unpaired) electrons. The molecular formula is C21H26N2O4. The number of ether oxygens (including phenoxy) is 3. The van der Waals surface area contributed by atoms with Gasteiger partial charge in [0.2, 0.25) is 0 Å². The van der Waals surface area contributed by atoms with E-state index in [1.54, 1.807) is 13.2 Å². The highest BCUT2D eigenvalue weighted by atomic mass is 16.5. The number of nitrogens with zero attached hydrogens (tertiary/aromatic N) is 1. The predicted octanol–water partition coefficient (Wildman–Crippen LogP) is 3.33. The molecular weight excluding hydrogens is 344 g/mol. The van der Waals surface area contributed by atoms with Crippen molar-refractivity contribution < 1.29 is 19.0 Å². The lowest BCUT2D eigenvalue weighted by Crippen LogP contribution is -2.36. The maximum Gasteiger partial charge on any atom is 0.265 e. The van der Waals surface area contributed by atoms with Gasteiger partial charge in [0.15, 0.2) is 6.10 Å². The molecule has 1 aliphatic heterocycles. The molecule has 27 heavy (non-hydrogen) atoms. The molecule has 144 valence electrons. The molecule has 2 aromatic carbocycles. The standard InChI is InChI=1S/C21H26N2O4/c1-3-20(27-19-6-4-5-18(15-19)25-2)21(24)22-16-7-9-17(10-8-16)23-11-13-26-14-12-23/h4-10,15,20H,3,11-14H2,1-2H3,(H,22,24)/t20-/m1/s1. The summed E-state index contributed by atoms with van der Waals surface area (Å²) in [6, 6.07) is 15.1. The Morgan fingerprint density at radius 3 is 2.52 bits per heavy atom. The lowest BCUT2D eigenvalue weighted by Gasteiger charge is -2.29. The summed E-state index contributed by atoms with van der Waals surface area (Å²) in [5.74, 6) is 1.14. The number of amides is 1. The lowest BCUT2D eigenvalue weighted by molar-refractivity contribution is -0.122. The molecule has 6 nitrogen and oxygen atoms in total. The first-order valence-corrected chi connectivity index (χ1v) is 9.24. The Kier molecular flexibility index (Phi) is 6.54. The van der Waals surface area contributed by atoms with Crippen LogP contribution in [-0.4, -0.2) is 45.4 Å². The predicted molar refractivity (Wildman–Crippen MR) is 106 cm³/mol. The number of carbonyl (C=O) groups excluding carboxylic acids is 1. The van der Waals surface area contributed by atoms with Crippen LogP contribution in [0.3, 0.4) is 0 Å². The SMILES string of the molecule is CC[C@@H](Oc1cccc(OC)c1)C(=O)Nc1ccc(N2CCOCC2)cc1. The van der Waals surface area contributed by atoms with Crippen LogP contribution in [-0.2, 0) is 9.53 Å². The summed E-state index contributed by atoms with van der Waals surface area (Å²) in [5, 5.41) is 2.93. The third kappa shape index (κ3) is 5.14. The largest absolute Gasteiger partial charge is 0.497 e. The number of anilines is 2. The minimum atomic E-state index is -0.573. The second-order valence-corrected chi connectivity index (χ2v) is 6.33. The number of morpholine rings is 1. The van der Waals surface area contributed by atoms with E-state index >= 15 is 0 Å². The van der Waals surface area contributed by atoms with Crippen molar-refractivity contribution in [3.63, 3.8) is 0 Å². The first kappa shape index (κ1) is 19.0. The zero-order valence-electron chi connectivity index (χ0n) is 15.8. The number of hydrogen-bond donors (Lipinski definition) is 1. The lowest BCUT2D eigenvalue weighted by atomic mass is 10.2. The first-order valence-electron chi connectivity index (χ1n) is 9.24. The Hall–Kier alpha value is -2.73. The minimum absolute atomic E-state index is 0.167. The fourth-order valence-corrected chi connectivity index (χ4v) is 2.96. The van der Waals surface area contributed by atoms with Gasteiger partial charge in [0.1, 0.15) is 11.5 Å². The van der Waals surface area contributed by atoms with Crippen LogP contribution in [0, 0.1) is 0 Å². The molecule has 1 amide bonds. The van der Waals surface area contributed by atoms with Crippen molar-refractivity contribution in [2.75, 3.05) is 43.6 Å². The highest BCUT2D eigenvalue weighted by Gasteiger charge is 2.19. The van der Waals surface area contributed by atoms with Crippen molar-refractivity contribution in [1.82, 2.24) is 0 Å². The van der Waals surface area contributed by atoms with Gasteiger partial charge < -0.3 is 24.4 Å². The van der Waals surface area contributed by atoms with Gasteiger partial charge in [-0.1, -0.05) is 13.0 Å². The van der Waals surface area contributed by atoms with Crippen LogP contribution in [0.25, 0.3) is 0 Å². The van der Waals surface area contributed by atoms with Crippen LogP contribution in [0.5, 0.6) is 11.5 Å². The monoisotopic (exact) mass is 370 g/mol. The van der Waals surface area contributed by atoms with Crippen LogP contribution < -0.4 is 19.7 Å². The normalized spacial score (nSPS) is 15.1. The van der Waals surface area contributed by atoms with Crippen molar-refractivity contribution in [3.05, 3.63) is 48.5 Å². The van der Waals surface area contributed by atoms with Gasteiger partial charge in [0.25, 0.3) is 5.91 Å². The molecule has 0 aromatic heterocycles. The Labute approximate surface area is 160 Å². The summed E-state index contributed by atoms with van der Waals surface area (Å²) in [6.45, 7) is 5.19. The molecule has 1 heterocycles. The van der Waals surface area contributed by atoms with Gasteiger partial charge in [0.05, 0.1) is 20.3 Å². The maximum atomic E-state index is 12.6. The van der Waals surface area contributed by atoms with Crippen molar-refractivity contribution in [2.24, 2.45) is 0 Å². The van der Waals surface area contributed by atoms with Crippen LogP contribution in [0.2, 0.25) is 0 Å². The van der Waals surface area contributed by atoms with E-state index in [-0.39, 0.29) is 5.91 Å². The number of benzene rings is 2. The molecule has 0 aliphatic carbocycles. The van der Waals surface area contributed by atoms with Crippen LogP contribution >= 0.6 is 0 Å². The van der Waals surface area contributed by atoms with Gasteiger partial charge in [-0.05, 0) is 42.8 Å². The fourth-order valence-electron chi connectivity index (χ4n) is 2.96. The van der Waals surface area contributed by atoms with E-state index in [9.17, 15) is 4.79 Å². The van der Waals surface area contributed by atoms with Crippen molar-refractivity contribution >= 4 is 17.3 Å². The summed E-state index contributed by atoms with van der Waals surface area (Å²) in [5.41, 5.74) is 1.89. The molecule has 0 bridgehead atoms. The van der Waals surface area contributed by atoms with E-state index in [0.717, 1.165) is 37.7 Å². The molecule has 0 saturated carbocycles. The Balaban J connectivity index is 1.60. The molecule has 6 heteroatoms. The third-order valence-electron chi connectivity index (χ3n) is 4.49. The van der Waals surface area contributed by atoms with Gasteiger partial charge in [-0.25, -0.2) is 0 Å². The van der Waals surface area contributed by atoms with E-state index in [4.69, 9.17) is 14.2 Å². The van der Waals surface area contributed by atoms with Crippen LogP contribution in [0.1, 0.15) is 13.3 Å². The molecule has 0 spiro atoms. The van der Waals surface area contributed by atoms with Crippen molar-refractivity contribution in [2.45, 2.75) is 19.4 Å². The molecule has 2 aromatic rings. The average molecular weight is 370 g/mol. The summed E-state index contributed by atoms with van der Waals surface area (Å²) in [4.78, 5) is 14.9. The second-order valence-electron chi connectivity index (χ2n) is 6.33. The molecule has 1 atom stereocenters. The zero-order chi connectivity index (χ0) is 19.1.